The van der Waals surface area contributed by atoms with Crippen LogP contribution < -0.4 is 5.32 Å². The van der Waals surface area contributed by atoms with Gasteiger partial charge in [0.2, 0.25) is 5.91 Å². The van der Waals surface area contributed by atoms with Crippen LogP contribution in [0.5, 0.6) is 0 Å². The van der Waals surface area contributed by atoms with Crippen molar-refractivity contribution < 1.29 is 9.53 Å². The number of amides is 1. The van der Waals surface area contributed by atoms with Crippen LogP contribution in [-0.2, 0) is 16.1 Å². The molecule has 0 spiro atoms. The summed E-state index contributed by atoms with van der Waals surface area (Å²) in [7, 11) is 0. The molecule has 1 amide bonds. The monoisotopic (exact) mass is 259 g/mol. The maximum atomic E-state index is 11.5. The van der Waals surface area contributed by atoms with E-state index < -0.39 is 0 Å². The summed E-state index contributed by atoms with van der Waals surface area (Å²) in [4.78, 5) is 11.5. The van der Waals surface area contributed by atoms with Crippen molar-refractivity contribution in [2.45, 2.75) is 27.4 Å². The summed E-state index contributed by atoms with van der Waals surface area (Å²) in [6.45, 7) is 6.97. The zero-order valence-corrected chi connectivity index (χ0v) is 11.8. The zero-order chi connectivity index (χ0) is 14.1. The first-order chi connectivity index (χ1) is 8.97. The normalized spacial score (nSPS) is 10.5. The molecule has 0 aliphatic rings. The number of nitrogens with one attached hydrogen (secondary N) is 1. The summed E-state index contributed by atoms with van der Waals surface area (Å²) in [5.74, 6) is 5.84. The van der Waals surface area contributed by atoms with Crippen LogP contribution in [0.25, 0.3) is 0 Å². The standard InChI is InChI=1S/C16H21NO2/c1-16(2,3)10-7-11-17-15(18)13-19-12-14-8-5-4-6-9-14/h4-6,8-9H,11-13H2,1-3H3,(H,17,18). The summed E-state index contributed by atoms with van der Waals surface area (Å²) in [6, 6.07) is 9.77. The van der Waals surface area contributed by atoms with Gasteiger partial charge in [-0.1, -0.05) is 42.2 Å². The van der Waals surface area contributed by atoms with Gasteiger partial charge in [0.25, 0.3) is 0 Å². The molecule has 1 rings (SSSR count). The van der Waals surface area contributed by atoms with E-state index in [1.165, 1.54) is 0 Å². The Bertz CT molecular complexity index is 449. The van der Waals surface area contributed by atoms with Crippen LogP contribution >= 0.6 is 0 Å². The molecule has 0 saturated heterocycles. The molecule has 1 aromatic carbocycles. The van der Waals surface area contributed by atoms with Gasteiger partial charge in [0, 0.05) is 5.41 Å². The highest BCUT2D eigenvalue weighted by Gasteiger charge is 2.03. The molecule has 0 radical (unpaired) electrons. The number of rotatable bonds is 5. The van der Waals surface area contributed by atoms with Crippen molar-refractivity contribution in [3.05, 3.63) is 35.9 Å². The summed E-state index contributed by atoms with van der Waals surface area (Å²) < 4.78 is 5.32. The van der Waals surface area contributed by atoms with Gasteiger partial charge in [0.1, 0.15) is 6.61 Å². The number of hydrogen-bond acceptors (Lipinski definition) is 2. The van der Waals surface area contributed by atoms with Gasteiger partial charge >= 0.3 is 0 Å². The van der Waals surface area contributed by atoms with Crippen LogP contribution in [0.2, 0.25) is 0 Å². The Morgan fingerprint density at radius 2 is 1.95 bits per heavy atom. The summed E-state index contributed by atoms with van der Waals surface area (Å²) in [5, 5.41) is 2.70. The Kier molecular flexibility index (Phi) is 6.11. The van der Waals surface area contributed by atoms with Gasteiger partial charge in [0.15, 0.2) is 0 Å². The maximum absolute atomic E-state index is 11.5. The minimum Gasteiger partial charge on any atom is -0.367 e. The quantitative estimate of drug-likeness (QED) is 0.824. The lowest BCUT2D eigenvalue weighted by molar-refractivity contribution is -0.125. The van der Waals surface area contributed by atoms with E-state index in [-0.39, 0.29) is 17.9 Å². The number of carbonyl (C=O) groups is 1. The van der Waals surface area contributed by atoms with Crippen LogP contribution in [0, 0.1) is 17.3 Å². The highest BCUT2D eigenvalue weighted by molar-refractivity contribution is 5.77. The molecule has 1 N–H and O–H groups in total. The predicted molar refractivity (Wildman–Crippen MR) is 76.3 cm³/mol. The second-order valence-corrected chi connectivity index (χ2v) is 5.31. The first-order valence-corrected chi connectivity index (χ1v) is 6.36. The third kappa shape index (κ3) is 8.01. The molecule has 3 nitrogen and oxygen atoms in total. The van der Waals surface area contributed by atoms with Crippen molar-refractivity contribution in [2.75, 3.05) is 13.2 Å². The first kappa shape index (κ1) is 15.3. The van der Waals surface area contributed by atoms with Gasteiger partial charge in [-0.2, -0.15) is 0 Å². The fourth-order valence-electron chi connectivity index (χ4n) is 1.34. The van der Waals surface area contributed by atoms with Crippen molar-refractivity contribution in [3.63, 3.8) is 0 Å². The smallest absolute Gasteiger partial charge is 0.246 e. The largest absolute Gasteiger partial charge is 0.367 e. The molecule has 0 saturated carbocycles. The third-order valence-corrected chi connectivity index (χ3v) is 2.18. The van der Waals surface area contributed by atoms with Gasteiger partial charge < -0.3 is 10.1 Å². The predicted octanol–water partition coefficient (Wildman–Crippen LogP) is 2.37. The minimum atomic E-state index is -0.140. The van der Waals surface area contributed by atoms with Crippen LogP contribution in [-0.4, -0.2) is 19.1 Å². The number of benzene rings is 1. The van der Waals surface area contributed by atoms with E-state index >= 15 is 0 Å². The van der Waals surface area contributed by atoms with Crippen molar-refractivity contribution in [1.82, 2.24) is 5.32 Å². The highest BCUT2D eigenvalue weighted by atomic mass is 16.5. The number of hydrogen-bond donors (Lipinski definition) is 1. The van der Waals surface area contributed by atoms with E-state index in [2.05, 4.69) is 17.2 Å². The van der Waals surface area contributed by atoms with Crippen LogP contribution in [0.1, 0.15) is 26.3 Å². The Morgan fingerprint density at radius 1 is 1.26 bits per heavy atom. The number of carbonyl (C=O) groups excluding carboxylic acids is 1. The van der Waals surface area contributed by atoms with Crippen LogP contribution in [0.3, 0.4) is 0 Å². The summed E-state index contributed by atoms with van der Waals surface area (Å²) in [6.07, 6.45) is 0. The van der Waals surface area contributed by atoms with Gasteiger partial charge in [0.05, 0.1) is 13.2 Å². The Labute approximate surface area is 115 Å². The van der Waals surface area contributed by atoms with Gasteiger partial charge in [-0.3, -0.25) is 4.79 Å². The lowest BCUT2D eigenvalue weighted by Crippen LogP contribution is -2.27. The van der Waals surface area contributed by atoms with Crippen molar-refractivity contribution in [2.24, 2.45) is 5.41 Å². The molecule has 1 aromatic rings. The lowest BCUT2D eigenvalue weighted by atomic mass is 9.98. The molecule has 3 heteroatoms. The Balaban J connectivity index is 2.16. The lowest BCUT2D eigenvalue weighted by Gasteiger charge is -2.07. The van der Waals surface area contributed by atoms with Crippen molar-refractivity contribution >= 4 is 5.91 Å². The topological polar surface area (TPSA) is 38.3 Å². The van der Waals surface area contributed by atoms with Crippen molar-refractivity contribution in [1.29, 1.82) is 0 Å². The Hall–Kier alpha value is -1.79. The van der Waals surface area contributed by atoms with Gasteiger partial charge in [-0.25, -0.2) is 0 Å². The highest BCUT2D eigenvalue weighted by Crippen LogP contribution is 2.09. The van der Waals surface area contributed by atoms with E-state index in [4.69, 9.17) is 4.74 Å². The molecule has 19 heavy (non-hydrogen) atoms. The van der Waals surface area contributed by atoms with E-state index in [0.29, 0.717) is 13.2 Å². The van der Waals surface area contributed by atoms with Crippen LogP contribution in [0.15, 0.2) is 30.3 Å². The molecule has 0 atom stereocenters. The molecule has 0 aliphatic heterocycles. The molecular formula is C16H21NO2. The molecule has 102 valence electrons. The summed E-state index contributed by atoms with van der Waals surface area (Å²) in [5.41, 5.74) is 1.02. The SMILES string of the molecule is CC(C)(C)C#CCNC(=O)COCc1ccccc1. The molecule has 0 heterocycles. The second-order valence-electron chi connectivity index (χ2n) is 5.31. The van der Waals surface area contributed by atoms with Gasteiger partial charge in [-0.05, 0) is 26.3 Å². The first-order valence-electron chi connectivity index (χ1n) is 6.36. The van der Waals surface area contributed by atoms with E-state index in [0.717, 1.165) is 5.56 Å². The molecule has 0 bridgehead atoms. The Morgan fingerprint density at radius 3 is 2.58 bits per heavy atom. The molecule has 0 unspecified atom stereocenters. The zero-order valence-electron chi connectivity index (χ0n) is 11.8. The molecule has 0 aliphatic carbocycles. The van der Waals surface area contributed by atoms with E-state index in [1.54, 1.807) is 0 Å². The fraction of sp³-hybridized carbons (Fsp3) is 0.438. The maximum Gasteiger partial charge on any atom is 0.246 e. The minimum absolute atomic E-state index is 0.0332. The van der Waals surface area contributed by atoms with Crippen LogP contribution in [0.4, 0.5) is 0 Å². The third-order valence-electron chi connectivity index (χ3n) is 2.18. The molecular weight excluding hydrogens is 238 g/mol. The van der Waals surface area contributed by atoms with E-state index in [9.17, 15) is 4.79 Å². The second kappa shape index (κ2) is 7.60. The van der Waals surface area contributed by atoms with E-state index in [1.807, 2.05) is 51.1 Å². The number of ether oxygens (including phenoxy) is 1. The average molecular weight is 259 g/mol. The van der Waals surface area contributed by atoms with Gasteiger partial charge in [-0.15, -0.1) is 0 Å². The average Bonchev–Trinajstić information content (AvgIpc) is 2.35. The molecule has 0 aromatic heterocycles. The summed E-state index contributed by atoms with van der Waals surface area (Å²) >= 11 is 0. The molecule has 0 fully saturated rings. The van der Waals surface area contributed by atoms with Crippen molar-refractivity contribution in [3.8, 4) is 11.8 Å². The fourth-order valence-corrected chi connectivity index (χ4v) is 1.34.